The van der Waals surface area contributed by atoms with Gasteiger partial charge in [-0.1, -0.05) is 33.8 Å². The topological polar surface area (TPSA) is 164 Å². The number of benzene rings is 1. The largest absolute Gasteiger partial charge is 0.507 e. The molecule has 0 aromatic heterocycles. The number of aromatic hydroxyl groups is 1. The van der Waals surface area contributed by atoms with Crippen LogP contribution in [-0.4, -0.2) is 50.9 Å². The summed E-state index contributed by atoms with van der Waals surface area (Å²) >= 11 is 0. The number of Topliss-reactive ketones (excluding diaryl/α,β-unsaturated/α-hetero) is 4. The lowest BCUT2D eigenvalue weighted by atomic mass is 9.49. The van der Waals surface area contributed by atoms with Gasteiger partial charge in [0.2, 0.25) is 5.91 Å². The number of rotatable bonds is 5. The van der Waals surface area contributed by atoms with Crippen LogP contribution in [0.25, 0.3) is 0 Å². The summed E-state index contributed by atoms with van der Waals surface area (Å²) in [6, 6.07) is 3.32. The average molecular weight is 485 g/mol. The number of aliphatic hydroxyl groups is 1. The summed E-state index contributed by atoms with van der Waals surface area (Å²) in [7, 11) is 0. The van der Waals surface area contributed by atoms with Crippen LogP contribution in [0.2, 0.25) is 0 Å². The van der Waals surface area contributed by atoms with Crippen molar-refractivity contribution in [1.82, 2.24) is 5.32 Å². The summed E-state index contributed by atoms with van der Waals surface area (Å²) in [6.07, 6.45) is 0.358. The molecule has 2 unspecified atom stereocenters. The Bertz CT molecular complexity index is 1140. The summed E-state index contributed by atoms with van der Waals surface area (Å²) in [5, 5.41) is 25.4. The molecule has 6 atom stereocenters. The van der Waals surface area contributed by atoms with Crippen molar-refractivity contribution in [3.05, 3.63) is 28.8 Å². The molecule has 0 spiro atoms. The lowest BCUT2D eigenvalue weighted by Crippen LogP contribution is -2.71. The molecule has 4 rings (SSSR count). The molecule has 0 saturated heterocycles. The van der Waals surface area contributed by atoms with Crippen LogP contribution in [-0.2, 0) is 32.1 Å². The summed E-state index contributed by atoms with van der Waals surface area (Å²) in [5.74, 6) is -11.3. The molecule has 1 aromatic rings. The van der Waals surface area contributed by atoms with E-state index in [0.29, 0.717) is 12.1 Å². The fourth-order valence-electron chi connectivity index (χ4n) is 6.40. The minimum absolute atomic E-state index is 0.0240. The average Bonchev–Trinajstić information content (AvgIpc) is 2.75. The first-order valence-electron chi connectivity index (χ1n) is 12.1. The number of carbonyl (C=O) groups is 5. The van der Waals surface area contributed by atoms with Crippen LogP contribution >= 0.6 is 0 Å². The Labute approximate surface area is 203 Å². The van der Waals surface area contributed by atoms with Gasteiger partial charge in [-0.25, -0.2) is 0 Å². The maximum Gasteiger partial charge on any atom is 0.235 e. The number of primary amides is 1. The van der Waals surface area contributed by atoms with E-state index in [-0.39, 0.29) is 36.1 Å². The van der Waals surface area contributed by atoms with Gasteiger partial charge in [0, 0.05) is 24.4 Å². The minimum Gasteiger partial charge on any atom is -0.507 e. The van der Waals surface area contributed by atoms with Crippen molar-refractivity contribution in [3.63, 3.8) is 0 Å². The highest BCUT2D eigenvalue weighted by Crippen LogP contribution is 2.53. The van der Waals surface area contributed by atoms with Gasteiger partial charge >= 0.3 is 0 Å². The number of nitrogens with one attached hydrogen (secondary N) is 1. The number of phenolic OH excluding ortho intramolecular Hbond substituents is 1. The van der Waals surface area contributed by atoms with E-state index < -0.39 is 64.2 Å². The monoisotopic (exact) mass is 484 g/mol. The van der Waals surface area contributed by atoms with E-state index in [1.54, 1.807) is 19.9 Å². The summed E-state index contributed by atoms with van der Waals surface area (Å²) in [5.41, 5.74) is 4.14. The molecule has 9 nitrogen and oxygen atoms in total. The highest BCUT2D eigenvalue weighted by molar-refractivity contribution is 6.31. The predicted octanol–water partition coefficient (Wildman–Crippen LogP) is 0.707. The Balaban J connectivity index is 1.83. The fraction of sp³-hybridized carbons (Fsp3) is 0.577. The van der Waals surface area contributed by atoms with Crippen molar-refractivity contribution < 1.29 is 34.2 Å². The van der Waals surface area contributed by atoms with E-state index in [1.807, 2.05) is 13.8 Å². The molecule has 1 aromatic carbocycles. The molecule has 0 heterocycles. The molecule has 2 saturated carbocycles. The minimum atomic E-state index is -2.66. The van der Waals surface area contributed by atoms with E-state index in [2.05, 4.69) is 5.32 Å². The number of hydrogen-bond donors (Lipinski definition) is 4. The second kappa shape index (κ2) is 8.64. The lowest BCUT2D eigenvalue weighted by molar-refractivity contribution is -0.182. The van der Waals surface area contributed by atoms with Gasteiger partial charge in [-0.05, 0) is 41.9 Å². The molecular formula is C26H32N2O7. The highest BCUT2D eigenvalue weighted by Gasteiger charge is 2.69. The first kappa shape index (κ1) is 25.2. The van der Waals surface area contributed by atoms with Crippen molar-refractivity contribution in [2.75, 3.05) is 0 Å². The molecule has 0 radical (unpaired) electrons. The van der Waals surface area contributed by atoms with Crippen molar-refractivity contribution in [2.24, 2.45) is 41.2 Å². The first-order chi connectivity index (χ1) is 16.3. The zero-order valence-electron chi connectivity index (χ0n) is 20.3. The number of ketones is 4. The smallest absolute Gasteiger partial charge is 0.235 e. The van der Waals surface area contributed by atoms with Gasteiger partial charge in [0.15, 0.2) is 34.7 Å². The first-order valence-corrected chi connectivity index (χ1v) is 12.1. The molecule has 5 N–H and O–H groups in total. The third-order valence-corrected chi connectivity index (χ3v) is 7.99. The third kappa shape index (κ3) is 3.63. The molecule has 1 amide bonds. The number of hydrogen-bond acceptors (Lipinski definition) is 8. The normalized spacial score (nSPS) is 32.5. The number of fused-ring (bicyclic) bond motifs is 3. The Morgan fingerprint density at radius 2 is 1.80 bits per heavy atom. The Kier molecular flexibility index (Phi) is 6.22. The molecule has 0 bridgehead atoms. The van der Waals surface area contributed by atoms with E-state index in [4.69, 9.17) is 5.73 Å². The summed E-state index contributed by atoms with van der Waals surface area (Å²) in [4.78, 5) is 65.8. The molecule has 188 valence electrons. The quantitative estimate of drug-likeness (QED) is 0.444. The van der Waals surface area contributed by atoms with Gasteiger partial charge in [-0.2, -0.15) is 0 Å². The Morgan fingerprint density at radius 1 is 1.14 bits per heavy atom. The Hall–Kier alpha value is -2.91. The van der Waals surface area contributed by atoms with Gasteiger partial charge in [-0.15, -0.1) is 0 Å². The highest BCUT2D eigenvalue weighted by atomic mass is 16.3. The SMILES string of the molecule is CC(C)NCc1ccc(O)c2c1C[C@H]1C[C@H]3[C@H](C(C)C)C(=O)C(C(N)=O)C(=O)[C@@]3(O)C(=O)C1C2=O. The van der Waals surface area contributed by atoms with Gasteiger partial charge < -0.3 is 21.3 Å². The Morgan fingerprint density at radius 3 is 2.37 bits per heavy atom. The van der Waals surface area contributed by atoms with Crippen LogP contribution in [0.5, 0.6) is 5.75 Å². The third-order valence-electron chi connectivity index (χ3n) is 7.99. The molecule has 3 aliphatic rings. The van der Waals surface area contributed by atoms with Crippen molar-refractivity contribution in [1.29, 1.82) is 0 Å². The molecular weight excluding hydrogens is 452 g/mol. The van der Waals surface area contributed by atoms with Crippen molar-refractivity contribution in [2.45, 2.75) is 58.7 Å². The molecule has 35 heavy (non-hydrogen) atoms. The number of phenols is 1. The molecule has 9 heteroatoms. The number of carbonyl (C=O) groups excluding carboxylic acids is 5. The zero-order valence-corrected chi connectivity index (χ0v) is 20.3. The standard InChI is InChI=1S/C26H32N2O7/c1-10(2)17-15-8-13-7-14-12(9-28-11(3)4)5-6-16(29)19(14)22(31)18(13)23(32)26(15,35)24(33)20(21(17)30)25(27)34/h5-6,10-11,13,15,17-18,20,28-29,35H,7-9H2,1-4H3,(H2,27,34)/t13-,15-,17-,18?,20?,26-/m0/s1. The van der Waals surface area contributed by atoms with Crippen LogP contribution in [0.1, 0.15) is 55.6 Å². The van der Waals surface area contributed by atoms with Gasteiger partial charge in [0.05, 0.1) is 11.5 Å². The zero-order chi connectivity index (χ0) is 26.0. The number of amides is 1. The van der Waals surface area contributed by atoms with E-state index in [9.17, 15) is 34.2 Å². The summed E-state index contributed by atoms with van der Waals surface area (Å²) in [6.45, 7) is 7.87. The molecule has 3 aliphatic carbocycles. The maximum atomic E-state index is 13.8. The van der Waals surface area contributed by atoms with Crippen LogP contribution in [0, 0.1) is 35.5 Å². The van der Waals surface area contributed by atoms with Crippen LogP contribution in [0.3, 0.4) is 0 Å². The van der Waals surface area contributed by atoms with Crippen LogP contribution in [0.15, 0.2) is 12.1 Å². The van der Waals surface area contributed by atoms with Crippen LogP contribution in [0.4, 0.5) is 0 Å². The van der Waals surface area contributed by atoms with Crippen LogP contribution < -0.4 is 11.1 Å². The van der Waals surface area contributed by atoms with Crippen molar-refractivity contribution >= 4 is 29.0 Å². The van der Waals surface area contributed by atoms with Crippen molar-refractivity contribution in [3.8, 4) is 5.75 Å². The summed E-state index contributed by atoms with van der Waals surface area (Å²) < 4.78 is 0. The van der Waals surface area contributed by atoms with E-state index in [0.717, 1.165) is 5.56 Å². The fourth-order valence-corrected chi connectivity index (χ4v) is 6.40. The number of nitrogens with two attached hydrogens (primary N) is 1. The van der Waals surface area contributed by atoms with E-state index >= 15 is 0 Å². The molecule has 2 fully saturated rings. The van der Waals surface area contributed by atoms with Gasteiger partial charge in [0.25, 0.3) is 0 Å². The van der Waals surface area contributed by atoms with Gasteiger partial charge in [-0.3, -0.25) is 24.0 Å². The second-order valence-corrected chi connectivity index (χ2v) is 10.8. The maximum absolute atomic E-state index is 13.8. The second-order valence-electron chi connectivity index (χ2n) is 10.8. The van der Waals surface area contributed by atoms with Gasteiger partial charge in [0.1, 0.15) is 5.75 Å². The predicted molar refractivity (Wildman–Crippen MR) is 124 cm³/mol. The van der Waals surface area contributed by atoms with E-state index in [1.165, 1.54) is 6.07 Å². The molecule has 0 aliphatic heterocycles. The lowest BCUT2D eigenvalue weighted by Gasteiger charge is -2.52.